The number of piperidine rings is 1. The molecule has 116 valence electrons. The molecule has 2 aromatic rings. The molecule has 1 aromatic heterocycles. The minimum atomic E-state index is -0.522. The first-order chi connectivity index (χ1) is 10.8. The van der Waals surface area contributed by atoms with Crippen molar-refractivity contribution in [2.24, 2.45) is 5.92 Å². The number of para-hydroxylation sites is 1. The molecule has 1 aliphatic heterocycles. The van der Waals surface area contributed by atoms with E-state index >= 15 is 0 Å². The van der Waals surface area contributed by atoms with Crippen LogP contribution in [0.2, 0.25) is 0 Å². The zero-order chi connectivity index (χ0) is 15.4. The summed E-state index contributed by atoms with van der Waals surface area (Å²) in [7, 11) is 0. The maximum atomic E-state index is 14.1. The summed E-state index contributed by atoms with van der Waals surface area (Å²) in [5.41, 5.74) is 0.320. The molecule has 0 bridgehead atoms. The number of rotatable bonds is 4. The van der Waals surface area contributed by atoms with Crippen LogP contribution in [-0.2, 0) is 0 Å². The predicted octanol–water partition coefficient (Wildman–Crippen LogP) is 1.14. The van der Waals surface area contributed by atoms with Gasteiger partial charge in [0.2, 0.25) is 0 Å². The van der Waals surface area contributed by atoms with Crippen molar-refractivity contribution in [3.63, 3.8) is 0 Å². The second-order valence-electron chi connectivity index (χ2n) is 5.36. The Morgan fingerprint density at radius 1 is 1.32 bits per heavy atom. The van der Waals surface area contributed by atoms with E-state index in [0.29, 0.717) is 12.5 Å². The summed E-state index contributed by atoms with van der Waals surface area (Å²) in [5, 5.41) is 14.0. The second kappa shape index (κ2) is 6.65. The largest absolute Gasteiger partial charge is 0.352 e. The number of benzene rings is 1. The number of nitrogens with one attached hydrogen (secondary N) is 2. The zero-order valence-corrected chi connectivity index (χ0v) is 12.1. The van der Waals surface area contributed by atoms with Crippen LogP contribution in [0, 0.1) is 11.7 Å². The van der Waals surface area contributed by atoms with Gasteiger partial charge in [0.15, 0.2) is 5.82 Å². The molecular formula is C15H18FN5O. The number of hydrogen-bond acceptors (Lipinski definition) is 4. The summed E-state index contributed by atoms with van der Waals surface area (Å²) in [6, 6.07) is 4.39. The first-order valence-electron chi connectivity index (χ1n) is 7.40. The Morgan fingerprint density at radius 3 is 2.77 bits per heavy atom. The van der Waals surface area contributed by atoms with Gasteiger partial charge in [-0.2, -0.15) is 10.2 Å². The lowest BCUT2D eigenvalue weighted by Gasteiger charge is -2.22. The van der Waals surface area contributed by atoms with Crippen molar-refractivity contribution in [2.45, 2.75) is 12.8 Å². The Labute approximate surface area is 127 Å². The lowest BCUT2D eigenvalue weighted by atomic mass is 9.98. The summed E-state index contributed by atoms with van der Waals surface area (Å²) in [6.07, 6.45) is 4.97. The fraction of sp³-hybridized carbons (Fsp3) is 0.400. The smallest absolute Gasteiger partial charge is 0.253 e. The summed E-state index contributed by atoms with van der Waals surface area (Å²) < 4.78 is 14.1. The van der Waals surface area contributed by atoms with Crippen molar-refractivity contribution in [3.05, 3.63) is 42.0 Å². The number of aromatic nitrogens is 3. The third-order valence-corrected chi connectivity index (χ3v) is 3.86. The fourth-order valence-electron chi connectivity index (χ4n) is 2.65. The average molecular weight is 303 g/mol. The van der Waals surface area contributed by atoms with Crippen LogP contribution >= 0.6 is 0 Å². The first kappa shape index (κ1) is 14.6. The van der Waals surface area contributed by atoms with Crippen LogP contribution in [0.1, 0.15) is 23.2 Å². The summed E-state index contributed by atoms with van der Waals surface area (Å²) in [4.78, 5) is 13.5. The molecule has 0 aliphatic carbocycles. The van der Waals surface area contributed by atoms with E-state index in [1.807, 2.05) is 0 Å². The van der Waals surface area contributed by atoms with Crippen molar-refractivity contribution in [1.82, 2.24) is 25.6 Å². The van der Waals surface area contributed by atoms with Gasteiger partial charge in [0, 0.05) is 6.54 Å². The maximum absolute atomic E-state index is 14.1. The molecule has 1 aromatic carbocycles. The highest BCUT2D eigenvalue weighted by atomic mass is 19.1. The van der Waals surface area contributed by atoms with Gasteiger partial charge in [-0.3, -0.25) is 4.79 Å². The van der Waals surface area contributed by atoms with E-state index in [0.717, 1.165) is 30.7 Å². The van der Waals surface area contributed by atoms with Crippen LogP contribution in [0.15, 0.2) is 30.6 Å². The lowest BCUT2D eigenvalue weighted by molar-refractivity contribution is 0.0943. The SMILES string of the molecule is O=C(NCC1CCNCC1)c1cccc(F)c1-n1nccn1. The Hall–Kier alpha value is -2.28. The molecule has 22 heavy (non-hydrogen) atoms. The number of nitrogens with zero attached hydrogens (tertiary/aromatic N) is 3. The highest BCUT2D eigenvalue weighted by Gasteiger charge is 2.19. The van der Waals surface area contributed by atoms with E-state index in [4.69, 9.17) is 0 Å². The first-order valence-corrected chi connectivity index (χ1v) is 7.40. The van der Waals surface area contributed by atoms with E-state index in [1.54, 1.807) is 6.07 Å². The molecule has 1 amide bonds. The topological polar surface area (TPSA) is 71.8 Å². The Kier molecular flexibility index (Phi) is 4.43. The monoisotopic (exact) mass is 303 g/mol. The third kappa shape index (κ3) is 3.14. The van der Waals surface area contributed by atoms with Gasteiger partial charge < -0.3 is 10.6 Å². The number of carbonyl (C=O) groups excluding carboxylic acids is 1. The van der Waals surface area contributed by atoms with Crippen molar-refractivity contribution < 1.29 is 9.18 Å². The number of carbonyl (C=O) groups is 1. The molecule has 0 spiro atoms. The Balaban J connectivity index is 1.76. The molecule has 2 N–H and O–H groups in total. The van der Waals surface area contributed by atoms with E-state index in [-0.39, 0.29) is 17.2 Å². The molecular weight excluding hydrogens is 285 g/mol. The van der Waals surface area contributed by atoms with E-state index < -0.39 is 5.82 Å². The summed E-state index contributed by atoms with van der Waals surface area (Å²) >= 11 is 0. The minimum Gasteiger partial charge on any atom is -0.352 e. The third-order valence-electron chi connectivity index (χ3n) is 3.86. The Morgan fingerprint density at radius 2 is 2.05 bits per heavy atom. The minimum absolute atomic E-state index is 0.0790. The molecule has 1 fully saturated rings. The van der Waals surface area contributed by atoms with Crippen LogP contribution in [-0.4, -0.2) is 40.5 Å². The molecule has 3 rings (SSSR count). The van der Waals surface area contributed by atoms with Crippen LogP contribution in [0.4, 0.5) is 4.39 Å². The fourth-order valence-corrected chi connectivity index (χ4v) is 2.65. The van der Waals surface area contributed by atoms with Gasteiger partial charge in [-0.05, 0) is 44.0 Å². The quantitative estimate of drug-likeness (QED) is 0.888. The molecule has 1 aliphatic rings. The molecule has 0 atom stereocenters. The van der Waals surface area contributed by atoms with Gasteiger partial charge in [-0.1, -0.05) is 6.07 Å². The van der Waals surface area contributed by atoms with Crippen LogP contribution in [0.25, 0.3) is 5.69 Å². The standard InChI is InChI=1S/C15H18FN5O/c16-13-3-1-2-12(14(13)21-19-8-9-20-21)15(22)18-10-11-4-6-17-7-5-11/h1-3,8-9,11,17H,4-7,10H2,(H,18,22). The molecule has 2 heterocycles. The maximum Gasteiger partial charge on any atom is 0.253 e. The molecule has 7 heteroatoms. The summed E-state index contributed by atoms with van der Waals surface area (Å²) in [5.74, 6) is -0.360. The van der Waals surface area contributed by atoms with Gasteiger partial charge in [0.25, 0.3) is 5.91 Å². The number of amides is 1. The average Bonchev–Trinajstić information content (AvgIpc) is 3.07. The normalized spacial score (nSPS) is 15.7. The van der Waals surface area contributed by atoms with Gasteiger partial charge in [0.1, 0.15) is 5.69 Å². The highest BCUT2D eigenvalue weighted by molar-refractivity contribution is 5.97. The van der Waals surface area contributed by atoms with E-state index in [9.17, 15) is 9.18 Å². The van der Waals surface area contributed by atoms with Gasteiger partial charge in [-0.25, -0.2) is 4.39 Å². The van der Waals surface area contributed by atoms with Crippen LogP contribution in [0.3, 0.4) is 0 Å². The molecule has 0 unspecified atom stereocenters. The van der Waals surface area contributed by atoms with Crippen molar-refractivity contribution in [3.8, 4) is 5.69 Å². The summed E-state index contributed by atoms with van der Waals surface area (Å²) in [6.45, 7) is 2.55. The molecule has 0 radical (unpaired) electrons. The van der Waals surface area contributed by atoms with Gasteiger partial charge >= 0.3 is 0 Å². The van der Waals surface area contributed by atoms with Gasteiger partial charge in [0.05, 0.1) is 18.0 Å². The zero-order valence-electron chi connectivity index (χ0n) is 12.1. The van der Waals surface area contributed by atoms with Crippen molar-refractivity contribution >= 4 is 5.91 Å². The van der Waals surface area contributed by atoms with Crippen LogP contribution < -0.4 is 10.6 Å². The van der Waals surface area contributed by atoms with E-state index in [1.165, 1.54) is 24.5 Å². The van der Waals surface area contributed by atoms with Crippen molar-refractivity contribution in [1.29, 1.82) is 0 Å². The molecule has 1 saturated heterocycles. The molecule has 0 saturated carbocycles. The van der Waals surface area contributed by atoms with E-state index in [2.05, 4.69) is 20.8 Å². The lowest BCUT2D eigenvalue weighted by Crippen LogP contribution is -2.36. The van der Waals surface area contributed by atoms with Crippen molar-refractivity contribution in [2.75, 3.05) is 19.6 Å². The number of hydrogen-bond donors (Lipinski definition) is 2. The predicted molar refractivity (Wildman–Crippen MR) is 79.2 cm³/mol. The Bertz CT molecular complexity index is 637. The molecule has 6 nitrogen and oxygen atoms in total. The second-order valence-corrected chi connectivity index (χ2v) is 5.36. The van der Waals surface area contributed by atoms with Gasteiger partial charge in [-0.15, -0.1) is 4.80 Å². The highest BCUT2D eigenvalue weighted by Crippen LogP contribution is 2.17. The van der Waals surface area contributed by atoms with Crippen LogP contribution in [0.5, 0.6) is 0 Å². The number of halogens is 1.